The number of hydrogen-bond acceptors (Lipinski definition) is 4. The molecule has 1 unspecified atom stereocenters. The minimum atomic E-state index is -0.817. The van der Waals surface area contributed by atoms with Crippen LogP contribution in [0.4, 0.5) is 4.39 Å². The summed E-state index contributed by atoms with van der Waals surface area (Å²) in [6, 6.07) is 21.2. The highest BCUT2D eigenvalue weighted by Crippen LogP contribution is 2.40. The Balaban J connectivity index is 1.60. The lowest BCUT2D eigenvalue weighted by Crippen LogP contribution is -2.30. The molecule has 0 saturated carbocycles. The summed E-state index contributed by atoms with van der Waals surface area (Å²) in [5, 5.41) is 11.6. The lowest BCUT2D eigenvalue weighted by atomic mass is 9.94. The molecule has 0 radical (unpaired) electrons. The van der Waals surface area contributed by atoms with E-state index in [2.05, 4.69) is 0 Å². The molecule has 0 fully saturated rings. The Bertz CT molecular complexity index is 1380. The number of hydrogen-bond donors (Lipinski definition) is 1. The van der Waals surface area contributed by atoms with Crippen molar-refractivity contribution in [2.75, 3.05) is 0 Å². The smallest absolute Gasteiger partial charge is 0.290 e. The third kappa shape index (κ3) is 3.69. The summed E-state index contributed by atoms with van der Waals surface area (Å²) in [5.41, 5.74) is 2.82. The maximum absolute atomic E-state index is 13.5. The highest BCUT2D eigenvalue weighted by Gasteiger charge is 2.44. The molecule has 4 aromatic rings. The molecule has 33 heavy (non-hydrogen) atoms. The molecule has 5 nitrogen and oxygen atoms in total. The summed E-state index contributed by atoms with van der Waals surface area (Å²) < 4.78 is 19.1. The number of ketones is 1. The minimum Gasteiger partial charge on any atom is -0.503 e. The Morgan fingerprint density at radius 1 is 1.03 bits per heavy atom. The molecule has 0 spiro atoms. The Morgan fingerprint density at radius 3 is 2.52 bits per heavy atom. The first kappa shape index (κ1) is 20.7. The number of benzene rings is 3. The highest BCUT2D eigenvalue weighted by atomic mass is 19.1. The number of aliphatic hydroxyl groups is 1. The summed E-state index contributed by atoms with van der Waals surface area (Å²) in [4.78, 5) is 28.1. The van der Waals surface area contributed by atoms with Crippen molar-refractivity contribution in [3.8, 4) is 0 Å². The average Bonchev–Trinajstić information content (AvgIpc) is 3.35. The van der Waals surface area contributed by atoms with Gasteiger partial charge in [-0.3, -0.25) is 9.59 Å². The third-order valence-electron chi connectivity index (χ3n) is 5.82. The normalized spacial score (nSPS) is 16.1. The van der Waals surface area contributed by atoms with Gasteiger partial charge in [0.25, 0.3) is 5.91 Å². The van der Waals surface area contributed by atoms with Gasteiger partial charge in [-0.25, -0.2) is 4.39 Å². The van der Waals surface area contributed by atoms with E-state index in [4.69, 9.17) is 4.42 Å². The number of aliphatic hydroxyl groups excluding tert-OH is 1. The fourth-order valence-electron chi connectivity index (χ4n) is 4.25. The van der Waals surface area contributed by atoms with Gasteiger partial charge in [0.05, 0.1) is 11.6 Å². The molecule has 0 bridgehead atoms. The first-order valence-electron chi connectivity index (χ1n) is 10.5. The average molecular weight is 441 g/mol. The number of nitrogens with zero attached hydrogens (tertiary/aromatic N) is 1. The van der Waals surface area contributed by atoms with Crippen molar-refractivity contribution in [3.63, 3.8) is 0 Å². The van der Waals surface area contributed by atoms with Crippen LogP contribution in [-0.4, -0.2) is 21.7 Å². The maximum Gasteiger partial charge on any atom is 0.290 e. The first-order chi connectivity index (χ1) is 15.9. The van der Waals surface area contributed by atoms with Crippen molar-refractivity contribution >= 4 is 22.7 Å². The van der Waals surface area contributed by atoms with E-state index < -0.39 is 23.5 Å². The maximum atomic E-state index is 13.5. The van der Waals surface area contributed by atoms with E-state index in [0.29, 0.717) is 16.7 Å². The van der Waals surface area contributed by atoms with Crippen LogP contribution in [0.3, 0.4) is 0 Å². The minimum absolute atomic E-state index is 0.0354. The number of carbonyl (C=O) groups is 2. The Hall–Kier alpha value is -4.19. The van der Waals surface area contributed by atoms with Crippen LogP contribution in [0.5, 0.6) is 0 Å². The van der Waals surface area contributed by atoms with Gasteiger partial charge >= 0.3 is 0 Å². The molecule has 1 atom stereocenters. The van der Waals surface area contributed by atoms with E-state index in [0.717, 1.165) is 10.9 Å². The van der Waals surface area contributed by atoms with Crippen LogP contribution in [0.25, 0.3) is 11.0 Å². The molecule has 3 aromatic carbocycles. The molecule has 0 saturated heterocycles. The van der Waals surface area contributed by atoms with Gasteiger partial charge in [0.2, 0.25) is 5.78 Å². The van der Waals surface area contributed by atoms with E-state index >= 15 is 0 Å². The molecule has 1 amide bonds. The van der Waals surface area contributed by atoms with Crippen molar-refractivity contribution < 1.29 is 23.5 Å². The standard InChI is InChI=1S/C27H20FNO4/c1-16-5-4-7-19(13-16)24-23(25(30)22-14-18-6-2-3-8-21(18)33-22)26(31)27(32)29(24)15-17-9-11-20(28)12-10-17/h2-14,24,31H,15H2,1H3. The molecule has 6 heteroatoms. The number of carbonyl (C=O) groups excluding carboxylic acids is 2. The number of halogens is 1. The predicted octanol–water partition coefficient (Wildman–Crippen LogP) is 5.66. The molecule has 1 N–H and O–H groups in total. The van der Waals surface area contributed by atoms with Gasteiger partial charge in [0.15, 0.2) is 11.5 Å². The van der Waals surface area contributed by atoms with Crippen molar-refractivity contribution in [2.45, 2.75) is 19.5 Å². The van der Waals surface area contributed by atoms with Crippen LogP contribution in [0.2, 0.25) is 0 Å². The zero-order chi connectivity index (χ0) is 23.1. The fraction of sp³-hybridized carbons (Fsp3) is 0.111. The number of fused-ring (bicyclic) bond motifs is 1. The molecule has 5 rings (SSSR count). The van der Waals surface area contributed by atoms with E-state index in [1.54, 1.807) is 30.3 Å². The van der Waals surface area contributed by atoms with Crippen molar-refractivity contribution in [1.29, 1.82) is 0 Å². The van der Waals surface area contributed by atoms with Gasteiger partial charge in [0.1, 0.15) is 11.4 Å². The molecule has 1 aliphatic heterocycles. The monoisotopic (exact) mass is 441 g/mol. The van der Waals surface area contributed by atoms with Crippen molar-refractivity contribution in [1.82, 2.24) is 4.90 Å². The summed E-state index contributed by atoms with van der Waals surface area (Å²) in [6.45, 7) is 2.01. The van der Waals surface area contributed by atoms with Crippen LogP contribution in [0.1, 0.15) is 33.3 Å². The lowest BCUT2D eigenvalue weighted by Gasteiger charge is -2.27. The second-order valence-electron chi connectivity index (χ2n) is 8.12. The quantitative estimate of drug-likeness (QED) is 0.406. The summed E-state index contributed by atoms with van der Waals surface area (Å²) in [6.07, 6.45) is 0. The third-order valence-corrected chi connectivity index (χ3v) is 5.82. The largest absolute Gasteiger partial charge is 0.503 e. The summed E-state index contributed by atoms with van der Waals surface area (Å²) in [7, 11) is 0. The van der Waals surface area contributed by atoms with Crippen LogP contribution in [0, 0.1) is 12.7 Å². The molecular formula is C27H20FNO4. The number of furan rings is 1. The molecular weight excluding hydrogens is 421 g/mol. The molecule has 1 aromatic heterocycles. The zero-order valence-corrected chi connectivity index (χ0v) is 17.8. The van der Waals surface area contributed by atoms with E-state index in [9.17, 15) is 19.1 Å². The lowest BCUT2D eigenvalue weighted by molar-refractivity contribution is -0.130. The SMILES string of the molecule is Cc1cccc(C2C(C(=O)c3cc4ccccc4o3)=C(O)C(=O)N2Cc2ccc(F)cc2)c1. The molecule has 164 valence electrons. The Labute approximate surface area is 189 Å². The zero-order valence-electron chi connectivity index (χ0n) is 17.8. The van der Waals surface area contributed by atoms with E-state index in [1.807, 2.05) is 43.3 Å². The first-order valence-corrected chi connectivity index (χ1v) is 10.5. The number of para-hydroxylation sites is 1. The van der Waals surface area contributed by atoms with Gasteiger partial charge in [-0.2, -0.15) is 0 Å². The van der Waals surface area contributed by atoms with Crippen LogP contribution in [0.15, 0.2) is 94.6 Å². The topological polar surface area (TPSA) is 70.7 Å². The summed E-state index contributed by atoms with van der Waals surface area (Å²) >= 11 is 0. The molecule has 2 heterocycles. The van der Waals surface area contributed by atoms with Crippen molar-refractivity contribution in [2.24, 2.45) is 0 Å². The predicted molar refractivity (Wildman–Crippen MR) is 121 cm³/mol. The van der Waals surface area contributed by atoms with Gasteiger partial charge < -0.3 is 14.4 Å². The molecule has 1 aliphatic rings. The second-order valence-corrected chi connectivity index (χ2v) is 8.12. The molecule has 0 aliphatic carbocycles. The van der Waals surface area contributed by atoms with Crippen molar-refractivity contribution in [3.05, 3.63) is 118 Å². The number of Topliss-reactive ketones (excluding diaryl/α,β-unsaturated/α-hetero) is 1. The fourth-order valence-corrected chi connectivity index (χ4v) is 4.25. The number of rotatable bonds is 5. The van der Waals surface area contributed by atoms with Gasteiger partial charge in [0, 0.05) is 11.9 Å². The van der Waals surface area contributed by atoms with Crippen LogP contribution in [-0.2, 0) is 11.3 Å². The van der Waals surface area contributed by atoms with Gasteiger partial charge in [-0.15, -0.1) is 0 Å². The van der Waals surface area contributed by atoms with Crippen LogP contribution >= 0.6 is 0 Å². The highest BCUT2D eigenvalue weighted by molar-refractivity contribution is 6.16. The van der Waals surface area contributed by atoms with Crippen LogP contribution < -0.4 is 0 Å². The second kappa shape index (κ2) is 8.06. The van der Waals surface area contributed by atoms with E-state index in [-0.39, 0.29) is 23.7 Å². The number of amides is 1. The Morgan fingerprint density at radius 2 is 1.79 bits per heavy atom. The Kier molecular flexibility index (Phi) is 5.05. The van der Waals surface area contributed by atoms with E-state index in [1.165, 1.54) is 17.0 Å². The number of aryl methyl sites for hydroxylation is 1. The summed E-state index contributed by atoms with van der Waals surface area (Å²) in [5.74, 6) is -2.15. The van der Waals surface area contributed by atoms with Gasteiger partial charge in [-0.05, 0) is 42.3 Å². The van der Waals surface area contributed by atoms with Gasteiger partial charge in [-0.1, -0.05) is 60.2 Å².